The average Bonchev–Trinajstić information content (AvgIpc) is 3.11. The van der Waals surface area contributed by atoms with E-state index in [9.17, 15) is 13.9 Å². The first-order valence-electron chi connectivity index (χ1n) is 7.81. The van der Waals surface area contributed by atoms with Gasteiger partial charge < -0.3 is 14.4 Å². The van der Waals surface area contributed by atoms with Crippen LogP contribution in [0.1, 0.15) is 17.0 Å². The molecule has 1 aliphatic rings. The summed E-state index contributed by atoms with van der Waals surface area (Å²) in [5.74, 6) is -0.831. The highest BCUT2D eigenvalue weighted by atomic mass is 19.2. The molecule has 1 aromatic heterocycles. The number of rotatable bonds is 5. The Balaban J connectivity index is 1.70. The number of aliphatic hydroxyl groups excluding tert-OH is 1. The zero-order valence-corrected chi connectivity index (χ0v) is 13.6. The van der Waals surface area contributed by atoms with E-state index >= 15 is 0 Å². The number of aryl methyl sites for hydroxylation is 1. The van der Waals surface area contributed by atoms with E-state index in [-0.39, 0.29) is 18.0 Å². The van der Waals surface area contributed by atoms with Crippen LogP contribution in [0, 0.1) is 24.5 Å². The zero-order valence-electron chi connectivity index (χ0n) is 13.6. The normalized spacial score (nSPS) is 21.4. The first-order chi connectivity index (χ1) is 11.5. The SMILES string of the molecule is COc1ccc(F)c(F)c1CN1C[C@@H](Cc2cc(C)no2)[C@@H](O)C1. The lowest BCUT2D eigenvalue weighted by atomic mass is 10.0. The molecule has 0 saturated carbocycles. The largest absolute Gasteiger partial charge is 0.496 e. The van der Waals surface area contributed by atoms with Gasteiger partial charge in [0.1, 0.15) is 11.5 Å². The molecule has 1 aliphatic heterocycles. The molecule has 1 aromatic carbocycles. The van der Waals surface area contributed by atoms with Gasteiger partial charge in [0, 0.05) is 43.6 Å². The van der Waals surface area contributed by atoms with E-state index in [2.05, 4.69) is 5.16 Å². The van der Waals surface area contributed by atoms with Crippen molar-refractivity contribution in [2.45, 2.75) is 26.0 Å². The Morgan fingerprint density at radius 3 is 2.83 bits per heavy atom. The molecule has 7 heteroatoms. The number of methoxy groups -OCH3 is 1. The summed E-state index contributed by atoms with van der Waals surface area (Å²) in [6, 6.07) is 4.30. The number of halogens is 2. The maximum atomic E-state index is 14.1. The molecule has 5 nitrogen and oxygen atoms in total. The molecule has 2 heterocycles. The summed E-state index contributed by atoms with van der Waals surface area (Å²) >= 11 is 0. The van der Waals surface area contributed by atoms with Gasteiger partial charge in [-0.2, -0.15) is 0 Å². The second-order valence-corrected chi connectivity index (χ2v) is 6.20. The highest BCUT2D eigenvalue weighted by molar-refractivity contribution is 5.35. The molecule has 0 unspecified atom stereocenters. The van der Waals surface area contributed by atoms with Gasteiger partial charge in [0.25, 0.3) is 0 Å². The van der Waals surface area contributed by atoms with Gasteiger partial charge in [0.2, 0.25) is 0 Å². The Bertz CT molecular complexity index is 720. The molecular formula is C17H20F2N2O3. The molecule has 1 fully saturated rings. The number of hydrogen-bond donors (Lipinski definition) is 1. The number of ether oxygens (including phenoxy) is 1. The van der Waals surface area contributed by atoms with E-state index in [0.29, 0.717) is 31.0 Å². The molecule has 3 rings (SSSR count). The third kappa shape index (κ3) is 3.42. The van der Waals surface area contributed by atoms with Gasteiger partial charge in [-0.3, -0.25) is 4.90 Å². The van der Waals surface area contributed by atoms with Crippen LogP contribution >= 0.6 is 0 Å². The highest BCUT2D eigenvalue weighted by Crippen LogP contribution is 2.29. The topological polar surface area (TPSA) is 58.7 Å². The van der Waals surface area contributed by atoms with Crippen LogP contribution in [0.2, 0.25) is 0 Å². The fraction of sp³-hybridized carbons (Fsp3) is 0.471. The van der Waals surface area contributed by atoms with Gasteiger partial charge in [-0.05, 0) is 19.1 Å². The molecule has 0 spiro atoms. The minimum Gasteiger partial charge on any atom is -0.496 e. The lowest BCUT2D eigenvalue weighted by molar-refractivity contribution is 0.137. The Morgan fingerprint density at radius 2 is 2.17 bits per heavy atom. The number of benzene rings is 1. The number of nitrogens with zero attached hydrogens (tertiary/aromatic N) is 2. The molecule has 0 bridgehead atoms. The van der Waals surface area contributed by atoms with E-state index < -0.39 is 17.7 Å². The second-order valence-electron chi connectivity index (χ2n) is 6.20. The quantitative estimate of drug-likeness (QED) is 0.907. The van der Waals surface area contributed by atoms with Crippen LogP contribution < -0.4 is 4.74 Å². The number of aliphatic hydroxyl groups is 1. The maximum absolute atomic E-state index is 14.1. The van der Waals surface area contributed by atoms with Crippen molar-refractivity contribution in [3.8, 4) is 5.75 Å². The van der Waals surface area contributed by atoms with Gasteiger partial charge in [0.05, 0.1) is 18.9 Å². The predicted octanol–water partition coefficient (Wildman–Crippen LogP) is 2.31. The average molecular weight is 338 g/mol. The summed E-state index contributed by atoms with van der Waals surface area (Å²) in [4.78, 5) is 1.89. The van der Waals surface area contributed by atoms with Crippen molar-refractivity contribution in [3.05, 3.63) is 46.9 Å². The fourth-order valence-corrected chi connectivity index (χ4v) is 3.18. The number of likely N-dealkylation sites (tertiary alicyclic amines) is 1. The number of β-amino-alcohol motifs (C(OH)–C–C–N with tert-alkyl or cyclic N) is 1. The molecule has 2 aromatic rings. The lowest BCUT2D eigenvalue weighted by Crippen LogP contribution is -2.22. The van der Waals surface area contributed by atoms with Gasteiger partial charge >= 0.3 is 0 Å². The molecule has 0 amide bonds. The fourth-order valence-electron chi connectivity index (χ4n) is 3.18. The van der Waals surface area contributed by atoms with Crippen LogP contribution in [-0.2, 0) is 13.0 Å². The highest BCUT2D eigenvalue weighted by Gasteiger charge is 2.33. The second kappa shape index (κ2) is 6.86. The van der Waals surface area contributed by atoms with Crippen molar-refractivity contribution in [1.29, 1.82) is 0 Å². The lowest BCUT2D eigenvalue weighted by Gasteiger charge is -2.18. The summed E-state index contributed by atoms with van der Waals surface area (Å²) in [6.07, 6.45) is -0.000568. The smallest absolute Gasteiger partial charge is 0.167 e. The van der Waals surface area contributed by atoms with Crippen LogP contribution in [0.25, 0.3) is 0 Å². The van der Waals surface area contributed by atoms with Gasteiger partial charge in [-0.1, -0.05) is 5.16 Å². The Morgan fingerprint density at radius 1 is 1.38 bits per heavy atom. The molecule has 0 radical (unpaired) electrons. The van der Waals surface area contributed by atoms with Gasteiger partial charge in [-0.25, -0.2) is 8.78 Å². The molecule has 0 aliphatic carbocycles. The number of hydrogen-bond acceptors (Lipinski definition) is 5. The monoisotopic (exact) mass is 338 g/mol. The van der Waals surface area contributed by atoms with E-state index in [1.54, 1.807) is 0 Å². The molecule has 130 valence electrons. The van der Waals surface area contributed by atoms with Crippen molar-refractivity contribution in [3.63, 3.8) is 0 Å². The summed E-state index contributed by atoms with van der Waals surface area (Å²) in [5, 5.41) is 14.1. The van der Waals surface area contributed by atoms with E-state index in [0.717, 1.165) is 11.8 Å². The van der Waals surface area contributed by atoms with Crippen molar-refractivity contribution in [2.24, 2.45) is 5.92 Å². The van der Waals surface area contributed by atoms with E-state index in [1.807, 2.05) is 17.9 Å². The van der Waals surface area contributed by atoms with Crippen molar-refractivity contribution >= 4 is 0 Å². The standard InChI is InChI=1S/C17H20F2N2O3/c1-10-5-12(24-20-10)6-11-7-21(9-15(11)22)8-13-16(23-2)4-3-14(18)17(13)19/h3-5,11,15,22H,6-9H2,1-2H3/t11-,15+/m1/s1. The van der Waals surface area contributed by atoms with Gasteiger partial charge in [-0.15, -0.1) is 0 Å². The molecular weight excluding hydrogens is 318 g/mol. The van der Waals surface area contributed by atoms with Crippen LogP contribution in [0.15, 0.2) is 22.7 Å². The van der Waals surface area contributed by atoms with E-state index in [1.165, 1.54) is 13.2 Å². The zero-order chi connectivity index (χ0) is 17.3. The van der Waals surface area contributed by atoms with Crippen LogP contribution in [-0.4, -0.2) is 41.5 Å². The Labute approximate surface area is 138 Å². The van der Waals surface area contributed by atoms with Crippen molar-refractivity contribution in [2.75, 3.05) is 20.2 Å². The maximum Gasteiger partial charge on any atom is 0.167 e. The number of aromatic nitrogens is 1. The van der Waals surface area contributed by atoms with E-state index in [4.69, 9.17) is 9.26 Å². The molecule has 2 atom stereocenters. The third-order valence-electron chi connectivity index (χ3n) is 4.38. The molecule has 1 saturated heterocycles. The molecule has 24 heavy (non-hydrogen) atoms. The Hall–Kier alpha value is -1.99. The predicted molar refractivity (Wildman–Crippen MR) is 82.6 cm³/mol. The van der Waals surface area contributed by atoms with Crippen LogP contribution in [0.4, 0.5) is 8.78 Å². The first-order valence-corrected chi connectivity index (χ1v) is 7.81. The summed E-state index contributed by atoms with van der Waals surface area (Å²) in [6.45, 7) is 2.95. The van der Waals surface area contributed by atoms with Crippen LogP contribution in [0.5, 0.6) is 5.75 Å². The van der Waals surface area contributed by atoms with Crippen molar-refractivity contribution in [1.82, 2.24) is 10.1 Å². The minimum absolute atomic E-state index is 0.0417. The summed E-state index contributed by atoms with van der Waals surface area (Å²) in [7, 11) is 1.42. The van der Waals surface area contributed by atoms with Gasteiger partial charge in [0.15, 0.2) is 11.6 Å². The summed E-state index contributed by atoms with van der Waals surface area (Å²) < 4.78 is 37.9. The minimum atomic E-state index is -0.904. The molecule has 1 N–H and O–H groups in total. The Kier molecular flexibility index (Phi) is 4.82. The van der Waals surface area contributed by atoms with Crippen molar-refractivity contribution < 1.29 is 23.1 Å². The summed E-state index contributed by atoms with van der Waals surface area (Å²) in [5.41, 5.74) is 0.960. The first kappa shape index (κ1) is 16.9. The van der Waals surface area contributed by atoms with Crippen LogP contribution in [0.3, 0.4) is 0 Å². The third-order valence-corrected chi connectivity index (χ3v) is 4.38.